The van der Waals surface area contributed by atoms with Gasteiger partial charge in [0.05, 0.1) is 22.9 Å². The highest BCUT2D eigenvalue weighted by atomic mass is 16.4. The third-order valence-corrected chi connectivity index (χ3v) is 5.63. The van der Waals surface area contributed by atoms with E-state index in [4.69, 9.17) is 5.11 Å². The summed E-state index contributed by atoms with van der Waals surface area (Å²) in [5.41, 5.74) is 1.30. The van der Waals surface area contributed by atoms with Crippen molar-refractivity contribution in [2.75, 3.05) is 18.5 Å². The Morgan fingerprint density at radius 2 is 1.97 bits per heavy atom. The minimum atomic E-state index is -1.03. The number of rotatable bonds is 7. The number of hydrogen-bond acceptors (Lipinski definition) is 7. The maximum absolute atomic E-state index is 12.9. The number of carbonyl (C=O) groups excluding carboxylic acids is 4. The number of hydrogen-bond donors (Lipinski definition) is 2. The standard InChI is InChI=1S/C21H21N5O6/c1-24(7-2-8-25-11-12(10-22-25)21(31)32)13-3-4-14-15(9-13)20(30)26(19(14)29)16-5-6-17(27)23-18(16)28/h3-4,9-11,16H,2,5-8H2,1H3,(H,31,32)(H,23,27,28). The monoisotopic (exact) mass is 439 g/mol. The van der Waals surface area contributed by atoms with Gasteiger partial charge in [0.25, 0.3) is 11.8 Å². The number of benzene rings is 1. The maximum atomic E-state index is 12.9. The van der Waals surface area contributed by atoms with Gasteiger partial charge < -0.3 is 10.0 Å². The van der Waals surface area contributed by atoms with Gasteiger partial charge >= 0.3 is 5.97 Å². The average Bonchev–Trinajstić information content (AvgIpc) is 3.32. The minimum Gasteiger partial charge on any atom is -0.478 e. The smallest absolute Gasteiger partial charge is 0.338 e. The van der Waals surface area contributed by atoms with Gasteiger partial charge in [-0.2, -0.15) is 5.10 Å². The molecule has 11 heteroatoms. The highest BCUT2D eigenvalue weighted by Crippen LogP contribution is 2.30. The molecular weight excluding hydrogens is 418 g/mol. The number of carboxylic acids is 1. The molecule has 4 rings (SSSR count). The van der Waals surface area contributed by atoms with Crippen LogP contribution in [0.15, 0.2) is 30.6 Å². The number of aromatic nitrogens is 2. The average molecular weight is 439 g/mol. The molecule has 2 N–H and O–H groups in total. The summed E-state index contributed by atoms with van der Waals surface area (Å²) in [7, 11) is 1.84. The number of aromatic carboxylic acids is 1. The van der Waals surface area contributed by atoms with Crippen molar-refractivity contribution in [3.05, 3.63) is 47.3 Å². The molecule has 3 heterocycles. The van der Waals surface area contributed by atoms with Gasteiger partial charge in [0, 0.05) is 38.4 Å². The van der Waals surface area contributed by atoms with Gasteiger partial charge in [-0.25, -0.2) is 4.79 Å². The zero-order valence-corrected chi connectivity index (χ0v) is 17.3. The molecule has 32 heavy (non-hydrogen) atoms. The van der Waals surface area contributed by atoms with E-state index in [-0.39, 0.29) is 29.5 Å². The van der Waals surface area contributed by atoms with Crippen molar-refractivity contribution in [3.8, 4) is 0 Å². The van der Waals surface area contributed by atoms with Gasteiger partial charge in [-0.05, 0) is 31.0 Å². The predicted octanol–water partition coefficient (Wildman–Crippen LogP) is 0.509. The van der Waals surface area contributed by atoms with Crippen molar-refractivity contribution >= 4 is 35.3 Å². The number of anilines is 1. The quantitative estimate of drug-likeness (QED) is 0.594. The lowest BCUT2D eigenvalue weighted by Crippen LogP contribution is -2.54. The van der Waals surface area contributed by atoms with E-state index in [1.54, 1.807) is 22.9 Å². The first kappa shape index (κ1) is 21.2. The summed E-state index contributed by atoms with van der Waals surface area (Å²) < 4.78 is 1.56. The van der Waals surface area contributed by atoms with Crippen molar-refractivity contribution in [2.24, 2.45) is 0 Å². The summed E-state index contributed by atoms with van der Waals surface area (Å²) in [4.78, 5) is 63.0. The minimum absolute atomic E-state index is 0.0714. The van der Waals surface area contributed by atoms with Crippen LogP contribution in [0.3, 0.4) is 0 Å². The summed E-state index contributed by atoms with van der Waals surface area (Å²) in [5.74, 6) is -3.18. The Bertz CT molecular complexity index is 1140. The highest BCUT2D eigenvalue weighted by molar-refractivity contribution is 6.23. The molecule has 1 atom stereocenters. The van der Waals surface area contributed by atoms with E-state index in [0.717, 1.165) is 10.6 Å². The second kappa shape index (κ2) is 8.25. The molecule has 0 saturated carbocycles. The fraction of sp³-hybridized carbons (Fsp3) is 0.333. The Morgan fingerprint density at radius 1 is 1.22 bits per heavy atom. The molecule has 0 radical (unpaired) electrons. The highest BCUT2D eigenvalue weighted by Gasteiger charge is 2.44. The molecule has 1 fully saturated rings. The van der Waals surface area contributed by atoms with Crippen LogP contribution in [0.5, 0.6) is 0 Å². The van der Waals surface area contributed by atoms with Crippen molar-refractivity contribution in [3.63, 3.8) is 0 Å². The Kier molecular flexibility index (Phi) is 5.47. The van der Waals surface area contributed by atoms with E-state index in [1.807, 2.05) is 11.9 Å². The topological polar surface area (TPSA) is 142 Å². The molecule has 166 valence electrons. The molecule has 11 nitrogen and oxygen atoms in total. The second-order valence-electron chi connectivity index (χ2n) is 7.75. The van der Waals surface area contributed by atoms with Gasteiger partial charge in [-0.3, -0.25) is 34.1 Å². The number of amides is 4. The van der Waals surface area contributed by atoms with Gasteiger partial charge in [0.1, 0.15) is 6.04 Å². The van der Waals surface area contributed by atoms with Gasteiger partial charge in [-0.15, -0.1) is 0 Å². The molecule has 1 unspecified atom stereocenters. The second-order valence-corrected chi connectivity index (χ2v) is 7.75. The van der Waals surface area contributed by atoms with Crippen LogP contribution in [0.1, 0.15) is 50.3 Å². The molecule has 1 aromatic heterocycles. The molecule has 2 aliphatic rings. The number of nitrogens with zero attached hydrogens (tertiary/aromatic N) is 4. The van der Waals surface area contributed by atoms with Crippen molar-refractivity contribution in [1.29, 1.82) is 0 Å². The van der Waals surface area contributed by atoms with E-state index in [1.165, 1.54) is 12.4 Å². The Hall–Kier alpha value is -4.02. The molecule has 4 amide bonds. The number of carboxylic acid groups (broad SMARTS) is 1. The fourth-order valence-corrected chi connectivity index (χ4v) is 3.89. The number of piperidine rings is 1. The number of aryl methyl sites for hydroxylation is 1. The number of imide groups is 2. The van der Waals surface area contributed by atoms with Crippen LogP contribution < -0.4 is 10.2 Å². The van der Waals surface area contributed by atoms with Crippen molar-refractivity contribution < 1.29 is 29.1 Å². The molecule has 0 aliphatic carbocycles. The van der Waals surface area contributed by atoms with Gasteiger partial charge in [-0.1, -0.05) is 0 Å². The Morgan fingerprint density at radius 3 is 2.66 bits per heavy atom. The summed E-state index contributed by atoms with van der Waals surface area (Å²) in [6, 6.07) is 3.93. The SMILES string of the molecule is CN(CCCn1cc(C(=O)O)cn1)c1ccc2c(c1)C(=O)N(C1CCC(=O)NC1=O)C2=O. The molecule has 1 saturated heterocycles. The summed E-state index contributed by atoms with van der Waals surface area (Å²) in [5, 5.41) is 15.1. The summed E-state index contributed by atoms with van der Waals surface area (Å²) in [6.07, 6.45) is 3.61. The Labute approximate surface area is 182 Å². The number of carbonyl (C=O) groups is 5. The molecule has 1 aromatic carbocycles. The lowest BCUT2D eigenvalue weighted by atomic mass is 10.0. The first-order valence-corrected chi connectivity index (χ1v) is 10.1. The lowest BCUT2D eigenvalue weighted by Gasteiger charge is -2.27. The molecule has 0 spiro atoms. The van der Waals surface area contributed by atoms with Crippen LogP contribution in [-0.2, 0) is 16.1 Å². The van der Waals surface area contributed by atoms with Crippen LogP contribution in [0, 0.1) is 0 Å². The van der Waals surface area contributed by atoms with E-state index in [0.29, 0.717) is 19.5 Å². The molecule has 2 aromatic rings. The van der Waals surface area contributed by atoms with E-state index >= 15 is 0 Å². The first-order chi connectivity index (χ1) is 15.3. The zero-order chi connectivity index (χ0) is 23.0. The number of fused-ring (bicyclic) bond motifs is 1. The molecular formula is C21H21N5O6. The van der Waals surface area contributed by atoms with E-state index in [2.05, 4.69) is 10.4 Å². The third-order valence-electron chi connectivity index (χ3n) is 5.63. The fourth-order valence-electron chi connectivity index (χ4n) is 3.89. The maximum Gasteiger partial charge on any atom is 0.338 e. The molecule has 0 bridgehead atoms. The predicted molar refractivity (Wildman–Crippen MR) is 110 cm³/mol. The normalized spacial score (nSPS) is 18.0. The third kappa shape index (κ3) is 3.84. The lowest BCUT2D eigenvalue weighted by molar-refractivity contribution is -0.136. The Balaban J connectivity index is 1.43. The summed E-state index contributed by atoms with van der Waals surface area (Å²) in [6.45, 7) is 1.11. The number of nitrogens with one attached hydrogen (secondary N) is 1. The van der Waals surface area contributed by atoms with E-state index in [9.17, 15) is 24.0 Å². The first-order valence-electron chi connectivity index (χ1n) is 10.1. The summed E-state index contributed by atoms with van der Waals surface area (Å²) >= 11 is 0. The van der Waals surface area contributed by atoms with Crippen LogP contribution in [0.2, 0.25) is 0 Å². The van der Waals surface area contributed by atoms with Crippen LogP contribution in [0.25, 0.3) is 0 Å². The van der Waals surface area contributed by atoms with Crippen molar-refractivity contribution in [1.82, 2.24) is 20.0 Å². The largest absolute Gasteiger partial charge is 0.478 e. The van der Waals surface area contributed by atoms with Gasteiger partial charge in [0.15, 0.2) is 0 Å². The van der Waals surface area contributed by atoms with Crippen molar-refractivity contribution in [2.45, 2.75) is 31.8 Å². The zero-order valence-electron chi connectivity index (χ0n) is 17.3. The molecule has 2 aliphatic heterocycles. The van der Waals surface area contributed by atoms with Crippen LogP contribution in [-0.4, -0.2) is 69.0 Å². The van der Waals surface area contributed by atoms with Crippen LogP contribution >= 0.6 is 0 Å². The van der Waals surface area contributed by atoms with Gasteiger partial charge in [0.2, 0.25) is 11.8 Å². The van der Waals surface area contributed by atoms with Crippen LogP contribution in [0.4, 0.5) is 5.69 Å². The van der Waals surface area contributed by atoms with E-state index < -0.39 is 35.6 Å².